The van der Waals surface area contributed by atoms with Gasteiger partial charge in [-0.25, -0.2) is 4.79 Å². The molecule has 1 heterocycles. The minimum atomic E-state index is -0.456. The van der Waals surface area contributed by atoms with Crippen molar-refractivity contribution in [3.8, 4) is 0 Å². The molecule has 1 aliphatic heterocycles. The zero-order valence-electron chi connectivity index (χ0n) is 10.4. The fourth-order valence-corrected chi connectivity index (χ4v) is 2.00. The van der Waals surface area contributed by atoms with Crippen LogP contribution in [0.15, 0.2) is 0 Å². The number of morpholine rings is 1. The van der Waals surface area contributed by atoms with Gasteiger partial charge in [-0.05, 0) is 27.7 Å². The maximum absolute atomic E-state index is 12.0. The molecule has 4 nitrogen and oxygen atoms in total. The molecule has 1 fully saturated rings. The van der Waals surface area contributed by atoms with E-state index in [9.17, 15) is 4.79 Å². The van der Waals surface area contributed by atoms with Crippen LogP contribution in [0.5, 0.6) is 0 Å². The average Bonchev–Trinajstić information content (AvgIpc) is 2.15. The van der Waals surface area contributed by atoms with Crippen LogP contribution in [-0.2, 0) is 9.47 Å². The monoisotopic (exact) mass is 293 g/mol. The fraction of sp³-hybridized carbons (Fsp3) is 0.909. The topological polar surface area (TPSA) is 38.8 Å². The summed E-state index contributed by atoms with van der Waals surface area (Å²) >= 11 is 3.43. The second-order valence-corrected chi connectivity index (χ2v) is 5.88. The number of nitrogens with zero attached hydrogens (tertiary/aromatic N) is 1. The number of amides is 1. The summed E-state index contributed by atoms with van der Waals surface area (Å²) in [6.07, 6.45) is -0.266. The van der Waals surface area contributed by atoms with Gasteiger partial charge >= 0.3 is 6.09 Å². The number of ether oxygens (including phenoxy) is 2. The Bertz CT molecular complexity index is 264. The molecule has 1 unspecified atom stereocenters. The van der Waals surface area contributed by atoms with Gasteiger partial charge in [0.15, 0.2) is 0 Å². The van der Waals surface area contributed by atoms with Crippen molar-refractivity contribution in [1.29, 1.82) is 0 Å². The van der Waals surface area contributed by atoms with E-state index in [-0.39, 0.29) is 11.6 Å². The van der Waals surface area contributed by atoms with Crippen LogP contribution in [0.3, 0.4) is 0 Å². The third kappa shape index (κ3) is 3.35. The van der Waals surface area contributed by atoms with Crippen molar-refractivity contribution in [2.45, 2.75) is 38.8 Å². The highest BCUT2D eigenvalue weighted by molar-refractivity contribution is 9.09. The molecular formula is C11H20BrNO3. The molecule has 0 spiro atoms. The molecule has 1 saturated heterocycles. The van der Waals surface area contributed by atoms with Crippen molar-refractivity contribution >= 4 is 22.0 Å². The van der Waals surface area contributed by atoms with Gasteiger partial charge < -0.3 is 9.47 Å². The highest BCUT2D eigenvalue weighted by Crippen LogP contribution is 2.24. The Hall–Kier alpha value is -0.290. The Balaban J connectivity index is 2.72. The number of hydrogen-bond acceptors (Lipinski definition) is 3. The molecule has 0 N–H and O–H groups in total. The van der Waals surface area contributed by atoms with Crippen molar-refractivity contribution in [2.75, 3.05) is 25.1 Å². The Morgan fingerprint density at radius 3 is 2.69 bits per heavy atom. The smallest absolute Gasteiger partial charge is 0.410 e. The first-order valence-corrected chi connectivity index (χ1v) is 6.55. The Morgan fingerprint density at radius 1 is 1.56 bits per heavy atom. The lowest BCUT2D eigenvalue weighted by Crippen LogP contribution is -2.59. The molecule has 0 aromatic heterocycles. The lowest BCUT2D eigenvalue weighted by atomic mass is 10.0. The van der Waals surface area contributed by atoms with E-state index in [0.717, 1.165) is 0 Å². The normalized spacial score (nSPS) is 26.7. The zero-order chi connectivity index (χ0) is 12.4. The van der Waals surface area contributed by atoms with Crippen LogP contribution in [0.4, 0.5) is 4.79 Å². The molecule has 0 aliphatic carbocycles. The number of hydrogen-bond donors (Lipinski definition) is 0. The molecule has 0 aromatic rings. The minimum Gasteiger partial charge on any atom is -0.444 e. The summed E-state index contributed by atoms with van der Waals surface area (Å²) in [5.41, 5.74) is -0.775. The van der Waals surface area contributed by atoms with Crippen LogP contribution in [0, 0.1) is 0 Å². The summed E-state index contributed by atoms with van der Waals surface area (Å²) in [5, 5.41) is 0.680. The Kier molecular flexibility index (Phi) is 4.23. The maximum Gasteiger partial charge on any atom is 0.410 e. The van der Waals surface area contributed by atoms with Crippen LogP contribution in [0.2, 0.25) is 0 Å². The van der Waals surface area contributed by atoms with Gasteiger partial charge in [0.1, 0.15) is 5.60 Å². The molecule has 1 amide bonds. The molecule has 0 aromatic carbocycles. The van der Waals surface area contributed by atoms with Crippen molar-refractivity contribution < 1.29 is 14.3 Å². The average molecular weight is 294 g/mol. The molecule has 5 heteroatoms. The summed E-state index contributed by atoms with van der Waals surface area (Å²) in [5.74, 6) is 0. The lowest BCUT2D eigenvalue weighted by Gasteiger charge is -2.43. The molecule has 0 radical (unpaired) electrons. The van der Waals surface area contributed by atoms with Gasteiger partial charge in [0.25, 0.3) is 0 Å². The number of alkyl halides is 1. The second kappa shape index (κ2) is 4.92. The van der Waals surface area contributed by atoms with E-state index in [0.29, 0.717) is 25.1 Å². The van der Waals surface area contributed by atoms with Gasteiger partial charge in [0, 0.05) is 11.9 Å². The number of halogens is 1. The molecule has 0 saturated carbocycles. The van der Waals surface area contributed by atoms with E-state index in [1.165, 1.54) is 0 Å². The summed E-state index contributed by atoms with van der Waals surface area (Å²) in [4.78, 5) is 13.8. The van der Waals surface area contributed by atoms with Gasteiger partial charge in [0.05, 0.1) is 18.8 Å². The largest absolute Gasteiger partial charge is 0.444 e. The summed E-state index contributed by atoms with van der Waals surface area (Å²) in [6.45, 7) is 9.30. The molecular weight excluding hydrogens is 274 g/mol. The van der Waals surface area contributed by atoms with Gasteiger partial charge in [-0.2, -0.15) is 0 Å². The standard InChI is InChI=1S/C11H20BrNO3/c1-10(2,3)16-9(14)13-5-6-15-8-11(13,4)7-12/h5-8H2,1-4H3. The molecule has 94 valence electrons. The van der Waals surface area contributed by atoms with Crippen LogP contribution < -0.4 is 0 Å². The predicted octanol–water partition coefficient (Wildman–Crippen LogP) is 2.41. The van der Waals surface area contributed by atoms with Gasteiger partial charge in [0.2, 0.25) is 0 Å². The molecule has 1 aliphatic rings. The van der Waals surface area contributed by atoms with Crippen molar-refractivity contribution in [2.24, 2.45) is 0 Å². The summed E-state index contributed by atoms with van der Waals surface area (Å²) < 4.78 is 10.8. The zero-order valence-corrected chi connectivity index (χ0v) is 12.0. The molecule has 0 bridgehead atoms. The van der Waals surface area contributed by atoms with E-state index in [1.807, 2.05) is 27.7 Å². The molecule has 1 atom stereocenters. The first kappa shape index (κ1) is 13.8. The van der Waals surface area contributed by atoms with Crippen LogP contribution >= 0.6 is 15.9 Å². The highest BCUT2D eigenvalue weighted by Gasteiger charge is 2.39. The van der Waals surface area contributed by atoms with E-state index in [2.05, 4.69) is 15.9 Å². The van der Waals surface area contributed by atoms with Crippen molar-refractivity contribution in [3.05, 3.63) is 0 Å². The third-order valence-electron chi connectivity index (χ3n) is 2.43. The SMILES string of the molecule is CC(C)(C)OC(=O)N1CCOCC1(C)CBr. The second-order valence-electron chi connectivity index (χ2n) is 5.32. The third-order valence-corrected chi connectivity index (χ3v) is 3.63. The predicted molar refractivity (Wildman–Crippen MR) is 66.0 cm³/mol. The first-order chi connectivity index (χ1) is 7.28. The van der Waals surface area contributed by atoms with Crippen molar-refractivity contribution in [1.82, 2.24) is 4.90 Å². The quantitative estimate of drug-likeness (QED) is 0.697. The van der Waals surface area contributed by atoms with E-state index in [4.69, 9.17) is 9.47 Å². The number of carbonyl (C=O) groups excluding carboxylic acids is 1. The number of rotatable bonds is 1. The van der Waals surface area contributed by atoms with E-state index >= 15 is 0 Å². The van der Waals surface area contributed by atoms with Gasteiger partial charge in [-0.15, -0.1) is 0 Å². The summed E-state index contributed by atoms with van der Waals surface area (Å²) in [7, 11) is 0. The van der Waals surface area contributed by atoms with Gasteiger partial charge in [-0.1, -0.05) is 15.9 Å². The maximum atomic E-state index is 12.0. The van der Waals surface area contributed by atoms with Crippen molar-refractivity contribution in [3.63, 3.8) is 0 Å². The fourth-order valence-electron chi connectivity index (χ4n) is 1.54. The molecule has 16 heavy (non-hydrogen) atoms. The van der Waals surface area contributed by atoms with Crippen LogP contribution in [0.25, 0.3) is 0 Å². The minimum absolute atomic E-state index is 0.266. The highest BCUT2D eigenvalue weighted by atomic mass is 79.9. The van der Waals surface area contributed by atoms with Gasteiger partial charge in [-0.3, -0.25) is 4.90 Å². The number of carbonyl (C=O) groups is 1. The van der Waals surface area contributed by atoms with E-state index in [1.54, 1.807) is 4.90 Å². The lowest BCUT2D eigenvalue weighted by molar-refractivity contribution is -0.0594. The molecule has 1 rings (SSSR count). The van der Waals surface area contributed by atoms with Crippen LogP contribution in [0.1, 0.15) is 27.7 Å². The van der Waals surface area contributed by atoms with Crippen LogP contribution in [-0.4, -0.2) is 47.2 Å². The van der Waals surface area contributed by atoms with E-state index < -0.39 is 5.60 Å². The Labute approximate surface area is 105 Å². The Morgan fingerprint density at radius 2 is 2.19 bits per heavy atom. The first-order valence-electron chi connectivity index (χ1n) is 5.43. The summed E-state index contributed by atoms with van der Waals surface area (Å²) in [6, 6.07) is 0.